The van der Waals surface area contributed by atoms with Gasteiger partial charge in [-0.3, -0.25) is 9.59 Å². The molecule has 1 saturated carbocycles. The fourth-order valence-electron chi connectivity index (χ4n) is 5.68. The fourth-order valence-corrected chi connectivity index (χ4v) is 5.68. The van der Waals surface area contributed by atoms with Gasteiger partial charge in [0.2, 0.25) is 0 Å². The predicted molar refractivity (Wildman–Crippen MR) is 114 cm³/mol. The summed E-state index contributed by atoms with van der Waals surface area (Å²) in [5.74, 6) is 0.718. The molecule has 4 aliphatic rings. The number of fused-ring (bicyclic) bond motifs is 4. The first-order chi connectivity index (χ1) is 12.6. The molecule has 3 N–H and O–H groups in total. The molecule has 0 unspecified atom stereocenters. The molecule has 2 bridgehead atoms. The zero-order chi connectivity index (χ0) is 17.7. The van der Waals surface area contributed by atoms with Gasteiger partial charge < -0.3 is 20.5 Å². The third-order valence-electron chi connectivity index (χ3n) is 7.11. The first kappa shape index (κ1) is 21.6. The van der Waals surface area contributed by atoms with E-state index in [-0.39, 0.29) is 42.3 Å². The molecule has 1 aromatic rings. The van der Waals surface area contributed by atoms with E-state index in [1.807, 2.05) is 10.6 Å². The van der Waals surface area contributed by atoms with Crippen molar-refractivity contribution in [2.75, 3.05) is 26.2 Å². The summed E-state index contributed by atoms with van der Waals surface area (Å²) >= 11 is 0. The van der Waals surface area contributed by atoms with Crippen LogP contribution < -0.4 is 21.5 Å². The Kier molecular flexibility index (Phi) is 6.44. The van der Waals surface area contributed by atoms with Crippen LogP contribution in [0.3, 0.4) is 0 Å². The second-order valence-corrected chi connectivity index (χ2v) is 8.87. The summed E-state index contributed by atoms with van der Waals surface area (Å²) in [6, 6.07) is 3.97. The summed E-state index contributed by atoms with van der Waals surface area (Å²) in [6.07, 6.45) is 5.68. The number of halogens is 2. The van der Waals surface area contributed by atoms with E-state index in [1.54, 1.807) is 6.07 Å². The van der Waals surface area contributed by atoms with Crippen LogP contribution in [0.2, 0.25) is 0 Å². The number of carbonyl (C=O) groups excluding carboxylic acids is 1. The maximum Gasteiger partial charge on any atom is 0.263 e. The molecule has 2 atom stereocenters. The number of hydrogen-bond donors (Lipinski definition) is 3. The van der Waals surface area contributed by atoms with Crippen LogP contribution in [0.15, 0.2) is 16.9 Å². The lowest BCUT2D eigenvalue weighted by Crippen LogP contribution is -2.55. The van der Waals surface area contributed by atoms with Gasteiger partial charge in [-0.2, -0.15) is 0 Å². The van der Waals surface area contributed by atoms with Crippen LogP contribution in [0, 0.1) is 11.3 Å². The molecule has 5 rings (SSSR count). The van der Waals surface area contributed by atoms with Gasteiger partial charge >= 0.3 is 0 Å². The SMILES string of the molecule is Cl.Cl.O=C(NC1CC2(CCNCC2)C1)c1ccc2n(c1=O)C[C@@H]1CNC[C@H]2C1. The summed E-state index contributed by atoms with van der Waals surface area (Å²) in [5.41, 5.74) is 1.73. The quantitative estimate of drug-likeness (QED) is 0.669. The third-order valence-corrected chi connectivity index (χ3v) is 7.11. The van der Waals surface area contributed by atoms with Gasteiger partial charge in [0.25, 0.3) is 11.5 Å². The lowest BCUT2D eigenvalue weighted by Gasteiger charge is -2.50. The van der Waals surface area contributed by atoms with Crippen molar-refractivity contribution in [3.63, 3.8) is 0 Å². The van der Waals surface area contributed by atoms with Gasteiger partial charge in [0.15, 0.2) is 0 Å². The minimum absolute atomic E-state index is 0. The van der Waals surface area contributed by atoms with Gasteiger partial charge in [-0.25, -0.2) is 0 Å². The van der Waals surface area contributed by atoms with Gasteiger partial charge in [0, 0.05) is 30.7 Å². The number of piperidine rings is 2. The number of hydrogen-bond acceptors (Lipinski definition) is 4. The van der Waals surface area contributed by atoms with E-state index in [0.29, 0.717) is 22.8 Å². The molecule has 1 amide bonds. The Hall–Kier alpha value is -1.08. The van der Waals surface area contributed by atoms with Crippen molar-refractivity contribution in [2.45, 2.75) is 50.6 Å². The zero-order valence-corrected chi connectivity index (χ0v) is 17.7. The topological polar surface area (TPSA) is 75.2 Å². The van der Waals surface area contributed by atoms with Gasteiger partial charge in [0.05, 0.1) is 0 Å². The van der Waals surface area contributed by atoms with E-state index in [0.717, 1.165) is 57.7 Å². The smallest absolute Gasteiger partial charge is 0.263 e. The summed E-state index contributed by atoms with van der Waals surface area (Å²) in [4.78, 5) is 25.7. The molecule has 1 spiro atoms. The van der Waals surface area contributed by atoms with E-state index >= 15 is 0 Å². The molecule has 3 aliphatic heterocycles. The molecule has 1 aliphatic carbocycles. The van der Waals surface area contributed by atoms with Crippen LogP contribution in [0.4, 0.5) is 0 Å². The second kappa shape index (κ2) is 8.34. The van der Waals surface area contributed by atoms with Crippen LogP contribution >= 0.6 is 24.8 Å². The van der Waals surface area contributed by atoms with E-state index in [2.05, 4.69) is 16.0 Å². The van der Waals surface area contributed by atoms with E-state index < -0.39 is 0 Å². The van der Waals surface area contributed by atoms with Crippen molar-refractivity contribution >= 4 is 30.7 Å². The van der Waals surface area contributed by atoms with Crippen molar-refractivity contribution in [3.8, 4) is 0 Å². The average Bonchev–Trinajstić information content (AvgIpc) is 2.62. The molecular formula is C20H30Cl2N4O2. The van der Waals surface area contributed by atoms with Crippen LogP contribution in [0.1, 0.15) is 54.1 Å². The zero-order valence-electron chi connectivity index (χ0n) is 16.0. The highest BCUT2D eigenvalue weighted by Crippen LogP contribution is 2.47. The molecule has 1 aromatic heterocycles. The maximum atomic E-state index is 12.9. The Morgan fingerprint density at radius 3 is 2.61 bits per heavy atom. The van der Waals surface area contributed by atoms with Crippen LogP contribution in [0.5, 0.6) is 0 Å². The standard InChI is InChI=1S/C20H28N4O2.2ClH/c25-18(23-15-8-20(9-15)3-5-21-6-4-20)16-1-2-17-14-7-13(10-22-11-14)12-24(17)19(16)26;;/h1-2,13-15,21-22H,3-12H2,(H,23,25);2*1H/t13-,14+;;/m0../s1. The summed E-state index contributed by atoms with van der Waals surface area (Å²) in [5, 5.41) is 9.98. The molecular weight excluding hydrogens is 399 g/mol. The minimum Gasteiger partial charge on any atom is -0.349 e. The number of pyridine rings is 1. The van der Waals surface area contributed by atoms with Crippen LogP contribution in [0.25, 0.3) is 0 Å². The van der Waals surface area contributed by atoms with Crippen molar-refractivity contribution in [1.29, 1.82) is 0 Å². The molecule has 0 radical (unpaired) electrons. The number of nitrogens with zero attached hydrogens (tertiary/aromatic N) is 1. The first-order valence-corrected chi connectivity index (χ1v) is 10.1. The van der Waals surface area contributed by atoms with Gasteiger partial charge in [0.1, 0.15) is 5.56 Å². The Balaban J connectivity index is 0.00000112. The Morgan fingerprint density at radius 1 is 1.11 bits per heavy atom. The number of aromatic nitrogens is 1. The normalized spacial score (nSPS) is 27.6. The largest absolute Gasteiger partial charge is 0.349 e. The molecule has 156 valence electrons. The lowest BCUT2D eigenvalue weighted by molar-refractivity contribution is 0.0422. The monoisotopic (exact) mass is 428 g/mol. The maximum absolute atomic E-state index is 12.9. The third kappa shape index (κ3) is 3.72. The van der Waals surface area contributed by atoms with Crippen LogP contribution in [-0.2, 0) is 6.54 Å². The molecule has 0 aromatic carbocycles. The molecule has 28 heavy (non-hydrogen) atoms. The van der Waals surface area contributed by atoms with Crippen molar-refractivity contribution in [3.05, 3.63) is 33.7 Å². The van der Waals surface area contributed by atoms with E-state index in [9.17, 15) is 9.59 Å². The number of rotatable bonds is 2. The number of nitrogens with one attached hydrogen (secondary N) is 3. The predicted octanol–water partition coefficient (Wildman–Crippen LogP) is 1.66. The highest BCUT2D eigenvalue weighted by molar-refractivity contribution is 5.94. The Bertz CT molecular complexity index is 783. The van der Waals surface area contributed by atoms with Gasteiger partial charge in [-0.05, 0) is 75.2 Å². The summed E-state index contributed by atoms with van der Waals surface area (Å²) in [7, 11) is 0. The first-order valence-electron chi connectivity index (χ1n) is 10.1. The average molecular weight is 429 g/mol. The second-order valence-electron chi connectivity index (χ2n) is 8.87. The highest BCUT2D eigenvalue weighted by atomic mass is 35.5. The molecule has 2 saturated heterocycles. The van der Waals surface area contributed by atoms with Gasteiger partial charge in [-0.1, -0.05) is 0 Å². The molecule has 3 fully saturated rings. The number of amides is 1. The lowest BCUT2D eigenvalue weighted by atomic mass is 9.60. The van der Waals surface area contributed by atoms with Crippen LogP contribution in [-0.4, -0.2) is 42.7 Å². The molecule has 4 heterocycles. The van der Waals surface area contributed by atoms with E-state index in [4.69, 9.17) is 0 Å². The fraction of sp³-hybridized carbons (Fsp3) is 0.700. The summed E-state index contributed by atoms with van der Waals surface area (Å²) < 4.78 is 1.86. The number of carbonyl (C=O) groups is 1. The highest BCUT2D eigenvalue weighted by Gasteiger charge is 2.45. The van der Waals surface area contributed by atoms with Gasteiger partial charge in [-0.15, -0.1) is 24.8 Å². The van der Waals surface area contributed by atoms with Crippen molar-refractivity contribution in [1.82, 2.24) is 20.5 Å². The minimum atomic E-state index is -0.187. The summed E-state index contributed by atoms with van der Waals surface area (Å²) in [6.45, 7) is 4.81. The molecule has 6 nitrogen and oxygen atoms in total. The molecule has 8 heteroatoms. The van der Waals surface area contributed by atoms with E-state index in [1.165, 1.54) is 12.8 Å². The van der Waals surface area contributed by atoms with Crippen molar-refractivity contribution < 1.29 is 4.79 Å². The van der Waals surface area contributed by atoms with Crippen molar-refractivity contribution in [2.24, 2.45) is 11.3 Å². The Morgan fingerprint density at radius 2 is 1.86 bits per heavy atom. The Labute approximate surface area is 178 Å².